The molecule has 3 N–H and O–H groups in total. The normalized spacial score (nSPS) is 23.1. The van der Waals surface area contributed by atoms with Gasteiger partial charge in [0.05, 0.1) is 18.3 Å². The number of hydrogen-bond donors (Lipinski definition) is 2. The Morgan fingerprint density at radius 3 is 2.94 bits per heavy atom. The van der Waals surface area contributed by atoms with Crippen LogP contribution in [0.4, 0.5) is 18.9 Å². The fourth-order valence-electron chi connectivity index (χ4n) is 3.78. The first-order valence-electron chi connectivity index (χ1n) is 9.45. The molecular formula is C20H19F3N4O3S. The number of amides is 1. The summed E-state index contributed by atoms with van der Waals surface area (Å²) < 4.78 is 49.2. The van der Waals surface area contributed by atoms with Gasteiger partial charge < -0.3 is 20.5 Å². The predicted molar refractivity (Wildman–Crippen MR) is 110 cm³/mol. The van der Waals surface area contributed by atoms with Crippen molar-refractivity contribution in [2.45, 2.75) is 18.6 Å². The Kier molecular flexibility index (Phi) is 6.05. The minimum Gasteiger partial charge on any atom is -0.433 e. The molecule has 0 aliphatic carbocycles. The largest absolute Gasteiger partial charge is 0.433 e. The van der Waals surface area contributed by atoms with Crippen molar-refractivity contribution < 1.29 is 27.4 Å². The first-order valence-corrected chi connectivity index (χ1v) is 10.4. The molecule has 0 bridgehead atoms. The first kappa shape index (κ1) is 21.4. The highest BCUT2D eigenvalue weighted by Crippen LogP contribution is 2.46. The highest BCUT2D eigenvalue weighted by molar-refractivity contribution is 8.13. The van der Waals surface area contributed by atoms with Gasteiger partial charge in [0.25, 0.3) is 5.91 Å². The first-order chi connectivity index (χ1) is 14.9. The quantitative estimate of drug-likeness (QED) is 0.722. The van der Waals surface area contributed by atoms with Crippen molar-refractivity contribution in [3.63, 3.8) is 0 Å². The number of nitrogens with zero attached hydrogens (tertiary/aromatic N) is 2. The number of anilines is 1. The molecule has 4 rings (SSSR count). The van der Waals surface area contributed by atoms with Crippen LogP contribution in [0.5, 0.6) is 5.75 Å². The van der Waals surface area contributed by atoms with Gasteiger partial charge in [-0.15, -0.1) is 0 Å². The fraction of sp³-hybridized carbons (Fsp3) is 0.350. The van der Waals surface area contributed by atoms with E-state index in [1.807, 2.05) is 0 Å². The number of fused-ring (bicyclic) bond motifs is 1. The number of benzene rings is 1. The molecule has 1 amide bonds. The van der Waals surface area contributed by atoms with E-state index in [2.05, 4.69) is 20.0 Å². The van der Waals surface area contributed by atoms with Crippen LogP contribution < -0.4 is 15.8 Å². The molecule has 0 spiro atoms. The molecular weight excluding hydrogens is 433 g/mol. The van der Waals surface area contributed by atoms with Crippen LogP contribution in [0.25, 0.3) is 0 Å². The van der Waals surface area contributed by atoms with Crippen LogP contribution in [0.15, 0.2) is 41.5 Å². The number of alkyl halides is 2. The van der Waals surface area contributed by atoms with Gasteiger partial charge in [-0.2, -0.15) is 8.78 Å². The van der Waals surface area contributed by atoms with Crippen molar-refractivity contribution in [3.8, 4) is 5.75 Å². The zero-order chi connectivity index (χ0) is 22.0. The van der Waals surface area contributed by atoms with E-state index < -0.39 is 23.9 Å². The summed E-state index contributed by atoms with van der Waals surface area (Å²) in [5.74, 6) is -0.583. The van der Waals surface area contributed by atoms with Crippen LogP contribution in [-0.2, 0) is 10.3 Å². The monoisotopic (exact) mass is 452 g/mol. The number of ether oxygens (including phenoxy) is 2. The molecule has 1 aromatic heterocycles. The number of nitrogens with two attached hydrogens (primary N) is 1. The summed E-state index contributed by atoms with van der Waals surface area (Å²) in [6.07, 6.45) is 1.50. The number of thioether (sulfide) groups is 1. The summed E-state index contributed by atoms with van der Waals surface area (Å²) in [5, 5.41) is 3.05. The van der Waals surface area contributed by atoms with Gasteiger partial charge in [0.2, 0.25) is 0 Å². The number of aromatic nitrogens is 1. The Bertz CT molecular complexity index is 1010. The van der Waals surface area contributed by atoms with Gasteiger partial charge in [-0.25, -0.2) is 9.37 Å². The molecule has 2 atom stereocenters. The number of nitrogens with one attached hydrogen (secondary N) is 1. The van der Waals surface area contributed by atoms with Gasteiger partial charge in [-0.1, -0.05) is 11.8 Å². The van der Waals surface area contributed by atoms with Crippen LogP contribution >= 0.6 is 11.8 Å². The summed E-state index contributed by atoms with van der Waals surface area (Å²) in [5.41, 5.74) is 5.79. The highest BCUT2D eigenvalue weighted by Gasteiger charge is 2.47. The Hall–Kier alpha value is -2.79. The van der Waals surface area contributed by atoms with Crippen LogP contribution in [0.2, 0.25) is 0 Å². The third kappa shape index (κ3) is 4.47. The number of amidine groups is 1. The van der Waals surface area contributed by atoms with E-state index in [4.69, 9.17) is 10.5 Å². The Balaban J connectivity index is 1.59. The Labute approximate surface area is 180 Å². The van der Waals surface area contributed by atoms with E-state index in [0.29, 0.717) is 41.8 Å². The second kappa shape index (κ2) is 8.75. The lowest BCUT2D eigenvalue weighted by molar-refractivity contribution is -0.0500. The van der Waals surface area contributed by atoms with E-state index in [0.717, 1.165) is 6.20 Å². The SMILES string of the molecule is NC1=N[C@]2(c3cc(NC(=O)c4ccc(OC(F)F)cn4)ccc3F)CCOC[C@H]2CS1. The number of carbonyl (C=O) groups excluding carboxylic acids is 1. The lowest BCUT2D eigenvalue weighted by atomic mass is 9.75. The van der Waals surface area contributed by atoms with Gasteiger partial charge >= 0.3 is 6.61 Å². The van der Waals surface area contributed by atoms with Gasteiger partial charge in [-0.05, 0) is 30.3 Å². The number of halogens is 3. The summed E-state index contributed by atoms with van der Waals surface area (Å²) >= 11 is 1.41. The minimum absolute atomic E-state index is 0.00840. The second-order valence-electron chi connectivity index (χ2n) is 7.11. The van der Waals surface area contributed by atoms with E-state index in [1.54, 1.807) is 6.07 Å². The maximum atomic E-state index is 14.9. The molecule has 164 valence electrons. The van der Waals surface area contributed by atoms with Gasteiger partial charge in [0.15, 0.2) is 5.17 Å². The van der Waals surface area contributed by atoms with Crippen molar-refractivity contribution in [1.29, 1.82) is 0 Å². The fourth-order valence-corrected chi connectivity index (χ4v) is 4.75. The molecule has 1 fully saturated rings. The number of pyridine rings is 1. The summed E-state index contributed by atoms with van der Waals surface area (Å²) in [6.45, 7) is -2.12. The summed E-state index contributed by atoms with van der Waals surface area (Å²) in [4.78, 5) is 21.0. The standard InChI is InChI=1S/C20H19F3N4O3S/c21-15-3-1-12(26-17(28)16-4-2-13(8-25-16)30-18(22)23)7-14(15)20-5-6-29-9-11(20)10-31-19(24)27-20/h1-4,7-8,11,18H,5-6,9-10H2,(H2,24,27)(H,26,28)/t11-,20+/m0/s1. The molecule has 2 aromatic rings. The van der Waals surface area contributed by atoms with E-state index in [9.17, 15) is 18.0 Å². The molecule has 11 heteroatoms. The zero-order valence-corrected chi connectivity index (χ0v) is 17.0. The minimum atomic E-state index is -2.98. The van der Waals surface area contributed by atoms with Crippen molar-refractivity contribution in [2.75, 3.05) is 24.3 Å². The average molecular weight is 452 g/mol. The maximum Gasteiger partial charge on any atom is 0.387 e. The van der Waals surface area contributed by atoms with Gasteiger partial charge in [0, 0.05) is 35.9 Å². The lowest BCUT2D eigenvalue weighted by Crippen LogP contribution is -2.47. The number of hydrogen-bond acceptors (Lipinski definition) is 7. The van der Waals surface area contributed by atoms with Crippen LogP contribution in [0, 0.1) is 11.7 Å². The Morgan fingerprint density at radius 1 is 1.35 bits per heavy atom. The molecule has 2 aliphatic heterocycles. The molecule has 0 saturated carbocycles. The molecule has 7 nitrogen and oxygen atoms in total. The van der Waals surface area contributed by atoms with Crippen LogP contribution in [0.3, 0.4) is 0 Å². The molecule has 3 heterocycles. The van der Waals surface area contributed by atoms with Crippen molar-refractivity contribution >= 4 is 28.5 Å². The zero-order valence-electron chi connectivity index (χ0n) is 16.2. The predicted octanol–water partition coefficient (Wildman–Crippen LogP) is 3.37. The number of carbonyl (C=O) groups is 1. The number of aliphatic imine (C=N–C) groups is 1. The Morgan fingerprint density at radius 2 is 2.19 bits per heavy atom. The summed E-state index contributed by atoms with van der Waals surface area (Å²) in [7, 11) is 0. The molecule has 0 unspecified atom stereocenters. The molecule has 1 aromatic carbocycles. The van der Waals surface area contributed by atoms with Gasteiger partial charge in [-0.3, -0.25) is 9.79 Å². The topological polar surface area (TPSA) is 98.8 Å². The lowest BCUT2D eigenvalue weighted by Gasteiger charge is -2.44. The van der Waals surface area contributed by atoms with Crippen molar-refractivity contribution in [1.82, 2.24) is 4.98 Å². The third-order valence-electron chi connectivity index (χ3n) is 5.25. The smallest absolute Gasteiger partial charge is 0.387 e. The van der Waals surface area contributed by atoms with Gasteiger partial charge in [0.1, 0.15) is 17.3 Å². The maximum absolute atomic E-state index is 14.9. The third-order valence-corrected chi connectivity index (χ3v) is 6.20. The average Bonchev–Trinajstić information content (AvgIpc) is 2.75. The molecule has 31 heavy (non-hydrogen) atoms. The van der Waals surface area contributed by atoms with Crippen LogP contribution in [0.1, 0.15) is 22.5 Å². The summed E-state index contributed by atoms with van der Waals surface area (Å²) in [6, 6.07) is 6.72. The van der Waals surface area contributed by atoms with E-state index in [-0.39, 0.29) is 17.4 Å². The van der Waals surface area contributed by atoms with E-state index >= 15 is 0 Å². The molecule has 1 saturated heterocycles. The second-order valence-corrected chi connectivity index (χ2v) is 8.15. The van der Waals surface area contributed by atoms with Crippen molar-refractivity contribution in [2.24, 2.45) is 16.6 Å². The highest BCUT2D eigenvalue weighted by atomic mass is 32.2. The van der Waals surface area contributed by atoms with E-state index in [1.165, 1.54) is 36.0 Å². The van der Waals surface area contributed by atoms with Crippen molar-refractivity contribution in [3.05, 3.63) is 53.6 Å². The molecule has 2 aliphatic rings. The van der Waals surface area contributed by atoms with Crippen LogP contribution in [-0.4, -0.2) is 41.6 Å². The number of rotatable bonds is 5. The molecule has 0 radical (unpaired) electrons.